The van der Waals surface area contributed by atoms with Crippen LogP contribution in [0.4, 0.5) is 0 Å². The van der Waals surface area contributed by atoms with Crippen molar-refractivity contribution in [1.29, 1.82) is 0 Å². The van der Waals surface area contributed by atoms with Gasteiger partial charge in [-0.15, -0.1) is 0 Å². The fourth-order valence-electron chi connectivity index (χ4n) is 5.73. The van der Waals surface area contributed by atoms with Gasteiger partial charge in [0.05, 0.1) is 29.1 Å². The van der Waals surface area contributed by atoms with Crippen molar-refractivity contribution in [3.05, 3.63) is 59.7 Å². The first-order valence-corrected chi connectivity index (χ1v) is 15.9. The van der Waals surface area contributed by atoms with E-state index >= 15 is 0 Å². The molecule has 42 heavy (non-hydrogen) atoms. The first-order chi connectivity index (χ1) is 20.0. The molecule has 0 saturated carbocycles. The highest BCUT2D eigenvalue weighted by atomic mass is 32.2. The Bertz CT molecular complexity index is 1330. The number of aliphatic hydroxyl groups excluding tert-OH is 2. The highest BCUT2D eigenvalue weighted by molar-refractivity contribution is 7.89. The highest BCUT2D eigenvalue weighted by Crippen LogP contribution is 2.39. The molecule has 12 heteroatoms. The monoisotopic (exact) mass is 603 g/mol. The molecule has 11 nitrogen and oxygen atoms in total. The highest BCUT2D eigenvalue weighted by Gasteiger charge is 2.42. The van der Waals surface area contributed by atoms with Crippen molar-refractivity contribution >= 4 is 21.9 Å². The van der Waals surface area contributed by atoms with Gasteiger partial charge in [-0.1, -0.05) is 36.8 Å². The molecule has 0 bridgehead atoms. The van der Waals surface area contributed by atoms with Crippen LogP contribution in [0.1, 0.15) is 54.4 Å². The average Bonchev–Trinajstić information content (AvgIpc) is 2.99. The lowest BCUT2D eigenvalue weighted by atomic mass is 9.74. The predicted molar refractivity (Wildman–Crippen MR) is 155 cm³/mol. The van der Waals surface area contributed by atoms with Gasteiger partial charge < -0.3 is 24.6 Å². The standard InChI is InChI=1S/C30H41N3O8S/c1-40-27-10-9-23(42(31,38)39)19-24(27)28(36)33-15-6-5-12-30(29(37)41-21-26(35)25(34)11-16-33)13-17-32(18-14-30)20-22-7-3-2-4-8-22/h2-4,7-10,19,25-26,34-35H,5-6,11-18,20-21H2,1H3,(H2,31,38,39)/t25-,26+/m0/s1. The quantitative estimate of drug-likeness (QED) is 0.434. The Morgan fingerprint density at radius 3 is 2.40 bits per heavy atom. The van der Waals surface area contributed by atoms with Crippen molar-refractivity contribution in [2.45, 2.75) is 62.2 Å². The number of primary sulfonamides is 1. The van der Waals surface area contributed by atoms with Gasteiger partial charge in [0.1, 0.15) is 18.5 Å². The third kappa shape index (κ3) is 7.87. The summed E-state index contributed by atoms with van der Waals surface area (Å²) in [6, 6.07) is 14.0. The second-order valence-electron chi connectivity index (χ2n) is 11.2. The van der Waals surface area contributed by atoms with Crippen LogP contribution in [-0.2, 0) is 26.1 Å². The zero-order chi connectivity index (χ0) is 30.3. The van der Waals surface area contributed by atoms with E-state index in [0.717, 1.165) is 19.6 Å². The Balaban J connectivity index is 1.50. The number of hydrogen-bond acceptors (Lipinski definition) is 9. The van der Waals surface area contributed by atoms with E-state index in [9.17, 15) is 28.2 Å². The molecule has 0 radical (unpaired) electrons. The number of nitrogens with zero attached hydrogens (tertiary/aromatic N) is 2. The van der Waals surface area contributed by atoms with E-state index in [0.29, 0.717) is 38.6 Å². The van der Waals surface area contributed by atoms with E-state index in [-0.39, 0.29) is 41.8 Å². The number of esters is 1. The summed E-state index contributed by atoms with van der Waals surface area (Å²) >= 11 is 0. The molecule has 230 valence electrons. The summed E-state index contributed by atoms with van der Waals surface area (Å²) in [7, 11) is -2.68. The maximum absolute atomic E-state index is 13.6. The second kappa shape index (κ2) is 14.0. The van der Waals surface area contributed by atoms with E-state index in [1.807, 2.05) is 18.2 Å². The van der Waals surface area contributed by atoms with Crippen molar-refractivity contribution in [3.63, 3.8) is 0 Å². The van der Waals surface area contributed by atoms with Crippen LogP contribution in [0.5, 0.6) is 5.75 Å². The first kappa shape index (κ1) is 31.9. The van der Waals surface area contributed by atoms with E-state index in [4.69, 9.17) is 14.6 Å². The molecule has 1 amide bonds. The molecule has 0 aliphatic carbocycles. The summed E-state index contributed by atoms with van der Waals surface area (Å²) in [5, 5.41) is 26.5. The average molecular weight is 604 g/mol. The fourth-order valence-corrected chi connectivity index (χ4v) is 6.27. The molecule has 2 aromatic rings. The number of benzene rings is 2. The lowest BCUT2D eigenvalue weighted by molar-refractivity contribution is -0.165. The van der Waals surface area contributed by atoms with E-state index < -0.39 is 33.6 Å². The number of cyclic esters (lactones) is 1. The van der Waals surface area contributed by atoms with Gasteiger partial charge in [0, 0.05) is 19.6 Å². The lowest BCUT2D eigenvalue weighted by Gasteiger charge is -2.40. The van der Waals surface area contributed by atoms with Crippen LogP contribution in [0.2, 0.25) is 0 Å². The number of nitrogens with two attached hydrogens (primary N) is 1. The summed E-state index contributed by atoms with van der Waals surface area (Å²) in [6.45, 7) is 2.29. The Kier molecular flexibility index (Phi) is 10.6. The minimum atomic E-state index is -4.06. The van der Waals surface area contributed by atoms with Gasteiger partial charge in [0.2, 0.25) is 10.0 Å². The van der Waals surface area contributed by atoms with Crippen molar-refractivity contribution in [3.8, 4) is 5.75 Å². The largest absolute Gasteiger partial charge is 0.496 e. The molecular weight excluding hydrogens is 562 g/mol. The number of carbonyl (C=O) groups excluding carboxylic acids is 2. The predicted octanol–water partition coefficient (Wildman–Crippen LogP) is 1.91. The molecule has 0 aromatic heterocycles. The molecule has 2 aliphatic rings. The van der Waals surface area contributed by atoms with Crippen LogP contribution in [0.3, 0.4) is 0 Å². The van der Waals surface area contributed by atoms with Crippen LogP contribution in [0, 0.1) is 5.41 Å². The summed E-state index contributed by atoms with van der Waals surface area (Å²) in [5.74, 6) is -0.647. The van der Waals surface area contributed by atoms with Crippen LogP contribution in [0.15, 0.2) is 53.4 Å². The lowest BCUT2D eigenvalue weighted by Crippen LogP contribution is -2.45. The van der Waals surface area contributed by atoms with Gasteiger partial charge in [-0.3, -0.25) is 14.5 Å². The Morgan fingerprint density at radius 2 is 1.74 bits per heavy atom. The number of hydrogen-bond donors (Lipinski definition) is 3. The molecule has 2 aliphatic heterocycles. The van der Waals surface area contributed by atoms with E-state index in [1.54, 1.807) is 0 Å². The first-order valence-electron chi connectivity index (χ1n) is 14.3. The van der Waals surface area contributed by atoms with Crippen molar-refractivity contribution in [2.24, 2.45) is 10.6 Å². The van der Waals surface area contributed by atoms with E-state index in [2.05, 4.69) is 17.0 Å². The normalized spacial score (nSPS) is 22.9. The summed E-state index contributed by atoms with van der Waals surface area (Å²) in [6.07, 6.45) is 0.477. The molecule has 2 saturated heterocycles. The van der Waals surface area contributed by atoms with Gasteiger partial charge in [-0.2, -0.15) is 0 Å². The van der Waals surface area contributed by atoms with Gasteiger partial charge in [0.25, 0.3) is 5.91 Å². The van der Waals surface area contributed by atoms with Gasteiger partial charge in [-0.25, -0.2) is 13.6 Å². The Hall–Kier alpha value is -3.03. The molecule has 4 N–H and O–H groups in total. The zero-order valence-corrected chi connectivity index (χ0v) is 24.8. The summed E-state index contributed by atoms with van der Waals surface area (Å²) in [5.41, 5.74) is 0.525. The number of carbonyl (C=O) groups is 2. The third-order valence-corrected chi connectivity index (χ3v) is 9.28. The Morgan fingerprint density at radius 1 is 1.02 bits per heavy atom. The van der Waals surface area contributed by atoms with Crippen LogP contribution in [-0.4, -0.2) is 92.4 Å². The fraction of sp³-hybridized carbons (Fsp3) is 0.533. The topological polar surface area (TPSA) is 160 Å². The molecule has 4 rings (SSSR count). The maximum Gasteiger partial charge on any atom is 0.312 e. The minimum absolute atomic E-state index is 0.0290. The van der Waals surface area contributed by atoms with Gasteiger partial charge in [0.15, 0.2) is 0 Å². The molecular formula is C30H41N3O8S. The van der Waals surface area contributed by atoms with E-state index in [1.165, 1.54) is 35.8 Å². The molecule has 2 atom stereocenters. The molecule has 2 aromatic carbocycles. The molecule has 2 fully saturated rings. The number of ether oxygens (including phenoxy) is 2. The van der Waals surface area contributed by atoms with Crippen molar-refractivity contribution < 1.29 is 37.7 Å². The van der Waals surface area contributed by atoms with Crippen LogP contribution < -0.4 is 9.88 Å². The third-order valence-electron chi connectivity index (χ3n) is 8.37. The SMILES string of the molecule is COc1ccc(S(N)(=O)=O)cc1C(=O)N1CCCCC2(CCN(Cc3ccccc3)CC2)C(=O)OC[C@@H](O)[C@@H](O)CC1. The van der Waals surface area contributed by atoms with Gasteiger partial charge >= 0.3 is 5.97 Å². The number of rotatable bonds is 5. The number of sulfonamides is 1. The maximum atomic E-state index is 13.6. The van der Waals surface area contributed by atoms with Crippen LogP contribution >= 0.6 is 0 Å². The number of aliphatic hydroxyl groups is 2. The summed E-state index contributed by atoms with van der Waals surface area (Å²) < 4.78 is 34.8. The number of methoxy groups -OCH3 is 1. The second-order valence-corrected chi connectivity index (χ2v) is 12.8. The van der Waals surface area contributed by atoms with Crippen molar-refractivity contribution in [1.82, 2.24) is 9.80 Å². The smallest absolute Gasteiger partial charge is 0.312 e. The van der Waals surface area contributed by atoms with Crippen LogP contribution in [0.25, 0.3) is 0 Å². The number of piperidine rings is 1. The molecule has 2 heterocycles. The van der Waals surface area contributed by atoms with Gasteiger partial charge in [-0.05, 0) is 69.0 Å². The summed E-state index contributed by atoms with van der Waals surface area (Å²) in [4.78, 5) is 30.6. The zero-order valence-electron chi connectivity index (χ0n) is 24.0. The minimum Gasteiger partial charge on any atom is -0.496 e. The Labute approximate surface area is 247 Å². The number of amides is 1. The molecule has 0 unspecified atom stereocenters. The number of likely N-dealkylation sites (tertiary alicyclic amines) is 1. The molecule has 1 spiro atoms. The van der Waals surface area contributed by atoms with Crippen molar-refractivity contribution in [2.75, 3.05) is 39.9 Å².